The average Bonchev–Trinajstić information content (AvgIpc) is 2.02. The van der Waals surface area contributed by atoms with Crippen molar-refractivity contribution in [3.05, 3.63) is 0 Å². The summed E-state index contributed by atoms with van der Waals surface area (Å²) >= 11 is 0. The van der Waals surface area contributed by atoms with Gasteiger partial charge in [0.05, 0.1) is 0 Å². The molecule has 0 heterocycles. The van der Waals surface area contributed by atoms with E-state index in [2.05, 4.69) is 0 Å². The lowest BCUT2D eigenvalue weighted by molar-refractivity contribution is -0.158. The Morgan fingerprint density at radius 1 is 1.23 bits per heavy atom. The molecule has 5 nitrogen and oxygen atoms in total. The average molecular weight is 189 g/mol. The minimum Gasteiger partial charge on any atom is -0.479 e. The number of carboxylic acids is 1. The van der Waals surface area contributed by atoms with Gasteiger partial charge in [0, 0.05) is 14.1 Å². The van der Waals surface area contributed by atoms with Crippen LogP contribution in [0.4, 0.5) is 0 Å². The van der Waals surface area contributed by atoms with E-state index in [9.17, 15) is 9.59 Å². The number of amides is 1. The van der Waals surface area contributed by atoms with Gasteiger partial charge in [-0.2, -0.15) is 0 Å². The van der Waals surface area contributed by atoms with Gasteiger partial charge in [0.15, 0.2) is 6.10 Å². The summed E-state index contributed by atoms with van der Waals surface area (Å²) in [5.41, 5.74) is 0. The molecule has 5 heteroatoms. The lowest BCUT2D eigenvalue weighted by Gasteiger charge is -2.19. The van der Waals surface area contributed by atoms with Gasteiger partial charge in [-0.05, 0) is 13.8 Å². The summed E-state index contributed by atoms with van der Waals surface area (Å²) in [6.45, 7) is 2.92. The van der Waals surface area contributed by atoms with Gasteiger partial charge in [-0.25, -0.2) is 4.79 Å². The highest BCUT2D eigenvalue weighted by Gasteiger charge is 2.21. The van der Waals surface area contributed by atoms with Crippen molar-refractivity contribution in [3.8, 4) is 0 Å². The van der Waals surface area contributed by atoms with Crippen LogP contribution in [0.2, 0.25) is 0 Å². The molecule has 13 heavy (non-hydrogen) atoms. The standard InChI is InChI=1S/C8H15NO4/c1-5(7(10)9(3)4)13-6(2)8(11)12/h5-6H,1-4H3,(H,11,12)/t5?,6-/m0/s1. The molecular formula is C8H15NO4. The van der Waals surface area contributed by atoms with Crippen molar-refractivity contribution < 1.29 is 19.4 Å². The molecule has 0 saturated carbocycles. The van der Waals surface area contributed by atoms with Crippen LogP contribution < -0.4 is 0 Å². The Balaban J connectivity index is 4.07. The van der Waals surface area contributed by atoms with Gasteiger partial charge in [-0.1, -0.05) is 0 Å². The third-order valence-electron chi connectivity index (χ3n) is 1.54. The number of hydrogen-bond donors (Lipinski definition) is 1. The minimum absolute atomic E-state index is 0.242. The number of rotatable bonds is 4. The molecule has 76 valence electrons. The van der Waals surface area contributed by atoms with Crippen molar-refractivity contribution >= 4 is 11.9 Å². The number of carboxylic acid groups (broad SMARTS) is 1. The van der Waals surface area contributed by atoms with Crippen LogP contribution in [0.15, 0.2) is 0 Å². The molecule has 0 radical (unpaired) electrons. The summed E-state index contributed by atoms with van der Waals surface area (Å²) in [6, 6.07) is 0. The smallest absolute Gasteiger partial charge is 0.332 e. The van der Waals surface area contributed by atoms with Crippen molar-refractivity contribution in [2.24, 2.45) is 0 Å². The highest BCUT2D eigenvalue weighted by molar-refractivity contribution is 5.80. The molecule has 0 fully saturated rings. The van der Waals surface area contributed by atoms with Crippen molar-refractivity contribution in [2.45, 2.75) is 26.1 Å². The zero-order chi connectivity index (χ0) is 10.6. The quantitative estimate of drug-likeness (QED) is 0.673. The second kappa shape index (κ2) is 4.81. The Morgan fingerprint density at radius 2 is 1.69 bits per heavy atom. The van der Waals surface area contributed by atoms with E-state index in [-0.39, 0.29) is 5.91 Å². The number of likely N-dealkylation sites (N-methyl/N-ethyl adjacent to an activating group) is 1. The summed E-state index contributed by atoms with van der Waals surface area (Å²) in [7, 11) is 3.18. The predicted molar refractivity (Wildman–Crippen MR) is 46.3 cm³/mol. The summed E-state index contributed by atoms with van der Waals surface area (Å²) in [6.07, 6.45) is -1.68. The van der Waals surface area contributed by atoms with Crippen molar-refractivity contribution in [2.75, 3.05) is 14.1 Å². The molecule has 0 rings (SSSR count). The van der Waals surface area contributed by atoms with Crippen LogP contribution in [0.25, 0.3) is 0 Å². The molecule has 1 unspecified atom stereocenters. The minimum atomic E-state index is -1.07. The predicted octanol–water partition coefficient (Wildman–Crippen LogP) is -0.0472. The molecule has 2 atom stereocenters. The first kappa shape index (κ1) is 11.9. The highest BCUT2D eigenvalue weighted by atomic mass is 16.5. The van der Waals surface area contributed by atoms with Gasteiger partial charge in [-0.15, -0.1) is 0 Å². The molecule has 1 amide bonds. The first-order chi connectivity index (χ1) is 5.86. The lowest BCUT2D eigenvalue weighted by Crippen LogP contribution is -2.37. The van der Waals surface area contributed by atoms with Crippen LogP contribution in [0.5, 0.6) is 0 Å². The van der Waals surface area contributed by atoms with Crippen molar-refractivity contribution in [1.82, 2.24) is 4.90 Å². The van der Waals surface area contributed by atoms with E-state index in [1.165, 1.54) is 18.7 Å². The number of carbonyl (C=O) groups excluding carboxylic acids is 1. The van der Waals surface area contributed by atoms with Crippen LogP contribution in [-0.2, 0) is 14.3 Å². The maximum atomic E-state index is 11.2. The topological polar surface area (TPSA) is 66.8 Å². The molecule has 0 aromatic rings. The van der Waals surface area contributed by atoms with Gasteiger partial charge in [-0.3, -0.25) is 4.79 Å². The van der Waals surface area contributed by atoms with Crippen LogP contribution in [0, 0.1) is 0 Å². The molecule has 0 aromatic heterocycles. The van der Waals surface area contributed by atoms with Crippen molar-refractivity contribution in [1.29, 1.82) is 0 Å². The molecule has 0 aliphatic heterocycles. The van der Waals surface area contributed by atoms with Gasteiger partial charge in [0.1, 0.15) is 6.10 Å². The zero-order valence-electron chi connectivity index (χ0n) is 8.27. The maximum Gasteiger partial charge on any atom is 0.332 e. The van der Waals surface area contributed by atoms with E-state index in [0.717, 1.165) is 0 Å². The van der Waals surface area contributed by atoms with Gasteiger partial charge in [0.2, 0.25) is 0 Å². The molecule has 1 N–H and O–H groups in total. The normalized spacial score (nSPS) is 14.8. The Labute approximate surface area is 77.3 Å². The van der Waals surface area contributed by atoms with E-state index in [0.29, 0.717) is 0 Å². The molecule has 0 aromatic carbocycles. The largest absolute Gasteiger partial charge is 0.479 e. The highest BCUT2D eigenvalue weighted by Crippen LogP contribution is 2.00. The summed E-state index contributed by atoms with van der Waals surface area (Å²) < 4.78 is 4.94. The lowest BCUT2D eigenvalue weighted by atomic mass is 10.3. The van der Waals surface area contributed by atoms with Crippen LogP contribution >= 0.6 is 0 Å². The van der Waals surface area contributed by atoms with Gasteiger partial charge >= 0.3 is 5.97 Å². The van der Waals surface area contributed by atoms with E-state index in [1.807, 2.05) is 0 Å². The fraction of sp³-hybridized carbons (Fsp3) is 0.750. The molecule has 0 spiro atoms. The molecule has 0 aliphatic rings. The Kier molecular flexibility index (Phi) is 4.40. The van der Waals surface area contributed by atoms with Gasteiger partial charge in [0.25, 0.3) is 5.91 Å². The number of carbonyl (C=O) groups is 2. The number of nitrogens with zero attached hydrogens (tertiary/aromatic N) is 1. The van der Waals surface area contributed by atoms with E-state index >= 15 is 0 Å². The number of ether oxygens (including phenoxy) is 1. The van der Waals surface area contributed by atoms with E-state index in [1.54, 1.807) is 14.1 Å². The van der Waals surface area contributed by atoms with Crippen LogP contribution in [-0.4, -0.2) is 48.2 Å². The molecule has 0 bridgehead atoms. The second-order valence-electron chi connectivity index (χ2n) is 2.99. The molecular weight excluding hydrogens is 174 g/mol. The number of hydrogen-bond acceptors (Lipinski definition) is 3. The molecule has 0 saturated heterocycles. The Hall–Kier alpha value is -1.10. The summed E-state index contributed by atoms with van der Waals surface area (Å²) in [5, 5.41) is 8.50. The molecule has 0 aliphatic carbocycles. The fourth-order valence-electron chi connectivity index (χ4n) is 0.786. The maximum absolute atomic E-state index is 11.2. The van der Waals surface area contributed by atoms with Crippen LogP contribution in [0.3, 0.4) is 0 Å². The SMILES string of the molecule is CC(O[C@@H](C)C(=O)O)C(=O)N(C)C. The number of aliphatic carboxylic acids is 1. The fourth-order valence-corrected chi connectivity index (χ4v) is 0.786. The third kappa shape index (κ3) is 3.89. The third-order valence-corrected chi connectivity index (χ3v) is 1.54. The second-order valence-corrected chi connectivity index (χ2v) is 2.99. The Bertz CT molecular complexity index is 202. The van der Waals surface area contributed by atoms with E-state index < -0.39 is 18.2 Å². The Morgan fingerprint density at radius 3 is 2.00 bits per heavy atom. The van der Waals surface area contributed by atoms with Crippen LogP contribution in [0.1, 0.15) is 13.8 Å². The zero-order valence-corrected chi connectivity index (χ0v) is 8.27. The van der Waals surface area contributed by atoms with Gasteiger partial charge < -0.3 is 14.7 Å². The summed E-state index contributed by atoms with van der Waals surface area (Å²) in [4.78, 5) is 22.9. The summed E-state index contributed by atoms with van der Waals surface area (Å²) in [5.74, 6) is -1.31. The first-order valence-electron chi connectivity index (χ1n) is 3.95. The van der Waals surface area contributed by atoms with E-state index in [4.69, 9.17) is 9.84 Å². The van der Waals surface area contributed by atoms with Crippen molar-refractivity contribution in [3.63, 3.8) is 0 Å². The first-order valence-corrected chi connectivity index (χ1v) is 3.95. The monoisotopic (exact) mass is 189 g/mol.